The molecule has 0 unspecified atom stereocenters. The minimum atomic E-state index is -0.552. The summed E-state index contributed by atoms with van der Waals surface area (Å²) in [7, 11) is 0. The summed E-state index contributed by atoms with van der Waals surface area (Å²) in [6.07, 6.45) is -0.979. The van der Waals surface area contributed by atoms with Crippen LogP contribution in [0.5, 0.6) is 0 Å². The summed E-state index contributed by atoms with van der Waals surface area (Å²) in [5.41, 5.74) is 3.05. The van der Waals surface area contributed by atoms with Crippen LogP contribution in [0, 0.1) is 0 Å². The lowest BCUT2D eigenvalue weighted by Gasteiger charge is -2.49. The first-order valence-corrected chi connectivity index (χ1v) is 12.5. The van der Waals surface area contributed by atoms with Crippen molar-refractivity contribution in [3.63, 3.8) is 0 Å². The Labute approximate surface area is 218 Å². The Morgan fingerprint density at radius 1 is 0.703 bits per heavy atom. The highest BCUT2D eigenvalue weighted by Gasteiger charge is 2.46. The van der Waals surface area contributed by atoms with E-state index in [1.54, 1.807) is 0 Å². The van der Waals surface area contributed by atoms with Gasteiger partial charge in [-0.05, 0) is 16.7 Å². The molecule has 0 bridgehead atoms. The lowest BCUT2D eigenvalue weighted by Crippen LogP contribution is -2.68. The second-order valence-corrected chi connectivity index (χ2v) is 9.13. The van der Waals surface area contributed by atoms with Gasteiger partial charge in [0.25, 0.3) is 0 Å². The molecule has 1 aliphatic rings. The van der Waals surface area contributed by atoms with E-state index in [1.807, 2.05) is 91.0 Å². The topological polar surface area (TPSA) is 68.3 Å². The van der Waals surface area contributed by atoms with Crippen LogP contribution in [-0.2, 0) is 43.6 Å². The van der Waals surface area contributed by atoms with Crippen LogP contribution < -0.4 is 0 Å². The fourth-order valence-electron chi connectivity index (χ4n) is 4.56. The maximum atomic E-state index is 12.8. The number of amides is 2. The fraction of sp³-hybridized carbons (Fsp3) is 0.333. The average molecular weight is 503 g/mol. The first-order valence-electron chi connectivity index (χ1n) is 12.5. The zero-order valence-corrected chi connectivity index (χ0v) is 21.4. The van der Waals surface area contributed by atoms with E-state index < -0.39 is 18.2 Å². The first-order chi connectivity index (χ1) is 18.0. The number of hydrogen-bond donors (Lipinski definition) is 0. The van der Waals surface area contributed by atoms with Crippen LogP contribution in [0.3, 0.4) is 0 Å². The van der Waals surface area contributed by atoms with Crippen LogP contribution in [0.2, 0.25) is 0 Å². The number of nitrogens with zero attached hydrogens (tertiary/aromatic N) is 2. The largest absolute Gasteiger partial charge is 0.374 e. The van der Waals surface area contributed by atoms with E-state index in [1.165, 1.54) is 23.9 Å². The molecule has 0 aliphatic carbocycles. The van der Waals surface area contributed by atoms with Gasteiger partial charge in [0.2, 0.25) is 11.8 Å². The summed E-state index contributed by atoms with van der Waals surface area (Å²) in [6.45, 7) is 4.39. The van der Waals surface area contributed by atoms with Gasteiger partial charge in [-0.2, -0.15) is 0 Å². The lowest BCUT2D eigenvalue weighted by atomic mass is 10.0. The van der Waals surface area contributed by atoms with Crippen molar-refractivity contribution in [2.75, 3.05) is 13.2 Å². The Balaban J connectivity index is 1.59. The number of ether oxygens (including phenoxy) is 3. The zero-order valence-electron chi connectivity index (χ0n) is 21.4. The molecule has 3 aromatic carbocycles. The van der Waals surface area contributed by atoms with Crippen molar-refractivity contribution >= 4 is 11.8 Å². The van der Waals surface area contributed by atoms with E-state index >= 15 is 0 Å². The molecule has 37 heavy (non-hydrogen) atoms. The van der Waals surface area contributed by atoms with Crippen LogP contribution in [0.25, 0.3) is 0 Å². The van der Waals surface area contributed by atoms with Crippen LogP contribution in [0.4, 0.5) is 0 Å². The van der Waals surface area contributed by atoms with Gasteiger partial charge in [0.15, 0.2) is 0 Å². The van der Waals surface area contributed by atoms with Crippen LogP contribution in [0.1, 0.15) is 30.5 Å². The van der Waals surface area contributed by atoms with Crippen molar-refractivity contribution in [1.29, 1.82) is 0 Å². The van der Waals surface area contributed by atoms with E-state index in [4.69, 9.17) is 14.2 Å². The molecule has 2 amide bonds. The summed E-state index contributed by atoms with van der Waals surface area (Å²) in [6, 6.07) is 29.0. The average Bonchev–Trinajstić information content (AvgIpc) is 2.92. The quantitative estimate of drug-likeness (QED) is 0.412. The molecule has 1 heterocycles. The molecular weight excluding hydrogens is 468 g/mol. The van der Waals surface area contributed by atoms with Gasteiger partial charge in [0.1, 0.15) is 18.2 Å². The first kappa shape index (κ1) is 26.5. The minimum Gasteiger partial charge on any atom is -0.374 e. The van der Waals surface area contributed by atoms with Gasteiger partial charge in [0, 0.05) is 13.8 Å². The predicted octanol–water partition coefficient (Wildman–Crippen LogP) is 4.37. The number of rotatable bonds is 10. The summed E-state index contributed by atoms with van der Waals surface area (Å²) < 4.78 is 18.9. The number of hydrazine groups is 1. The molecule has 0 radical (unpaired) electrons. The van der Waals surface area contributed by atoms with Gasteiger partial charge in [0.05, 0.1) is 33.0 Å². The smallest absolute Gasteiger partial charge is 0.238 e. The monoisotopic (exact) mass is 502 g/mol. The third-order valence-electron chi connectivity index (χ3n) is 6.35. The molecule has 3 aromatic rings. The second kappa shape index (κ2) is 13.1. The standard InChI is InChI=1S/C30H34N2O5/c1-23(33)31-18-29(36-20-26-14-8-4-9-15-26)30(37-21-27-16-10-5-11-17-27)28(32(31)24(2)34)22-35-19-25-12-6-3-7-13-25/h3-17,28-30H,18-22H2,1-2H3/t28-,29-,30-/m1/s1. The SMILES string of the molecule is CC(=O)N1C[C@@H](OCc2ccccc2)[C@H](OCc2ccccc2)[C@@H](COCc2ccccc2)N1C(C)=O. The molecule has 4 rings (SSSR count). The highest BCUT2D eigenvalue weighted by Crippen LogP contribution is 2.27. The van der Waals surface area contributed by atoms with Crippen LogP contribution in [-0.4, -0.2) is 53.2 Å². The van der Waals surface area contributed by atoms with E-state index in [0.717, 1.165) is 16.7 Å². The van der Waals surface area contributed by atoms with Gasteiger partial charge >= 0.3 is 0 Å². The van der Waals surface area contributed by atoms with E-state index in [2.05, 4.69) is 0 Å². The van der Waals surface area contributed by atoms with Crippen molar-refractivity contribution in [1.82, 2.24) is 10.0 Å². The number of benzene rings is 3. The van der Waals surface area contributed by atoms with Crippen molar-refractivity contribution in [2.24, 2.45) is 0 Å². The molecule has 7 heteroatoms. The Morgan fingerprint density at radius 2 is 1.19 bits per heavy atom. The van der Waals surface area contributed by atoms with Gasteiger partial charge in [-0.1, -0.05) is 91.0 Å². The molecule has 0 saturated carbocycles. The third kappa shape index (κ3) is 7.26. The number of hydrogen-bond acceptors (Lipinski definition) is 5. The lowest BCUT2D eigenvalue weighted by molar-refractivity contribution is -0.223. The van der Waals surface area contributed by atoms with Gasteiger partial charge in [-0.3, -0.25) is 9.59 Å². The maximum Gasteiger partial charge on any atom is 0.238 e. The highest BCUT2D eigenvalue weighted by molar-refractivity contribution is 5.80. The molecule has 0 spiro atoms. The van der Waals surface area contributed by atoms with E-state index in [9.17, 15) is 9.59 Å². The summed E-state index contributed by atoms with van der Waals surface area (Å²) in [5.74, 6) is -0.489. The molecule has 0 N–H and O–H groups in total. The molecule has 3 atom stereocenters. The molecule has 7 nitrogen and oxygen atoms in total. The van der Waals surface area contributed by atoms with Crippen molar-refractivity contribution in [3.8, 4) is 0 Å². The van der Waals surface area contributed by atoms with Crippen molar-refractivity contribution in [3.05, 3.63) is 108 Å². The van der Waals surface area contributed by atoms with E-state index in [0.29, 0.717) is 19.8 Å². The van der Waals surface area contributed by atoms with Crippen LogP contribution >= 0.6 is 0 Å². The minimum absolute atomic E-state index is 0.183. The number of carbonyl (C=O) groups is 2. The summed E-state index contributed by atoms with van der Waals surface area (Å²) in [4.78, 5) is 25.5. The summed E-state index contributed by atoms with van der Waals surface area (Å²) in [5, 5.41) is 2.93. The van der Waals surface area contributed by atoms with Crippen molar-refractivity contribution < 1.29 is 23.8 Å². The van der Waals surface area contributed by atoms with Gasteiger partial charge in [-0.25, -0.2) is 10.0 Å². The van der Waals surface area contributed by atoms with Crippen LogP contribution in [0.15, 0.2) is 91.0 Å². The summed E-state index contributed by atoms with van der Waals surface area (Å²) >= 11 is 0. The number of carbonyl (C=O) groups excluding carboxylic acids is 2. The predicted molar refractivity (Wildman–Crippen MR) is 140 cm³/mol. The van der Waals surface area contributed by atoms with Crippen molar-refractivity contribution in [2.45, 2.75) is 51.9 Å². The Hall–Kier alpha value is -3.52. The molecule has 0 aromatic heterocycles. The Morgan fingerprint density at radius 3 is 1.68 bits per heavy atom. The van der Waals surface area contributed by atoms with Gasteiger partial charge in [-0.15, -0.1) is 0 Å². The molecule has 1 saturated heterocycles. The molecule has 1 fully saturated rings. The van der Waals surface area contributed by atoms with Gasteiger partial charge < -0.3 is 14.2 Å². The van der Waals surface area contributed by atoms with E-state index in [-0.39, 0.29) is 25.0 Å². The third-order valence-corrected chi connectivity index (χ3v) is 6.35. The molecule has 194 valence electrons. The highest BCUT2D eigenvalue weighted by atomic mass is 16.5. The molecule has 1 aliphatic heterocycles. The zero-order chi connectivity index (χ0) is 26.0. The molecular formula is C30H34N2O5. The maximum absolute atomic E-state index is 12.8. The second-order valence-electron chi connectivity index (χ2n) is 9.13. The fourth-order valence-corrected chi connectivity index (χ4v) is 4.56. The Kier molecular flexibility index (Phi) is 9.43. The normalized spacial score (nSPS) is 19.6. The Bertz CT molecular complexity index is 1130.